The zero-order valence-electron chi connectivity index (χ0n) is 24.6. The van der Waals surface area contributed by atoms with Gasteiger partial charge in [-0.3, -0.25) is 9.59 Å². The van der Waals surface area contributed by atoms with E-state index in [2.05, 4.69) is 26.1 Å². The fourth-order valence-electron chi connectivity index (χ4n) is 4.44. The van der Waals surface area contributed by atoms with Crippen LogP contribution in [0.3, 0.4) is 0 Å². The Kier molecular flexibility index (Phi) is 11.7. The zero-order valence-corrected chi connectivity index (χ0v) is 26.2. The quantitative estimate of drug-likeness (QED) is 0.231. The topological polar surface area (TPSA) is 110 Å². The minimum Gasteiger partial charge on any atom is -0.494 e. The lowest BCUT2D eigenvalue weighted by Gasteiger charge is -2.31. The van der Waals surface area contributed by atoms with Crippen molar-refractivity contribution in [3.8, 4) is 5.75 Å². The van der Waals surface area contributed by atoms with Gasteiger partial charge < -0.3 is 29.5 Å². The highest BCUT2D eigenvalue weighted by Crippen LogP contribution is 2.43. The third-order valence-electron chi connectivity index (χ3n) is 6.40. The minimum atomic E-state index is -1.39. The van der Waals surface area contributed by atoms with Crippen LogP contribution in [-0.4, -0.2) is 79.3 Å². The second-order valence-electron chi connectivity index (χ2n) is 11.3. The van der Waals surface area contributed by atoms with Crippen LogP contribution in [0.15, 0.2) is 58.0 Å². The molecular weight excluding hydrogens is 590 g/mol. The molecule has 224 valence electrons. The van der Waals surface area contributed by atoms with E-state index >= 15 is 0 Å². The maximum absolute atomic E-state index is 14.0. The number of benzene rings is 2. The van der Waals surface area contributed by atoms with Gasteiger partial charge in [0.15, 0.2) is 11.6 Å². The van der Waals surface area contributed by atoms with Gasteiger partial charge in [0.25, 0.3) is 5.91 Å². The van der Waals surface area contributed by atoms with Crippen LogP contribution in [0.5, 0.6) is 5.75 Å². The van der Waals surface area contributed by atoms with Crippen LogP contribution >= 0.6 is 15.9 Å². The first kappa shape index (κ1) is 32.6. The number of hydrogen-bond donors (Lipinski definition) is 2. The van der Waals surface area contributed by atoms with Crippen LogP contribution < -0.4 is 10.1 Å². The molecule has 2 aromatic carbocycles. The van der Waals surface area contributed by atoms with Gasteiger partial charge >= 0.3 is 5.97 Å². The molecule has 9 nitrogen and oxygen atoms in total. The van der Waals surface area contributed by atoms with Gasteiger partial charge in [0.1, 0.15) is 11.4 Å². The first-order chi connectivity index (χ1) is 19.4. The van der Waals surface area contributed by atoms with Crippen molar-refractivity contribution in [3.05, 3.63) is 64.1 Å². The number of aliphatic hydroxyl groups excluding tert-OH is 1. The number of nitrogens with zero attached hydrogens (tertiary/aromatic N) is 2. The Balaban J connectivity index is 1.98. The normalized spacial score (nSPS) is 18.5. The van der Waals surface area contributed by atoms with Gasteiger partial charge in [0.2, 0.25) is 5.90 Å². The molecule has 1 amide bonds. The molecule has 0 fully saturated rings. The molecule has 1 heterocycles. The lowest BCUT2D eigenvalue weighted by atomic mass is 9.83. The third kappa shape index (κ3) is 9.55. The van der Waals surface area contributed by atoms with E-state index in [1.54, 1.807) is 12.1 Å². The maximum atomic E-state index is 14.0. The van der Waals surface area contributed by atoms with E-state index in [-0.39, 0.29) is 25.4 Å². The second kappa shape index (κ2) is 14.8. The van der Waals surface area contributed by atoms with Crippen molar-refractivity contribution in [2.75, 3.05) is 40.4 Å². The van der Waals surface area contributed by atoms with Crippen molar-refractivity contribution in [3.63, 3.8) is 0 Å². The summed E-state index contributed by atoms with van der Waals surface area (Å²) >= 11 is 3.48. The van der Waals surface area contributed by atoms with Gasteiger partial charge in [0, 0.05) is 36.0 Å². The van der Waals surface area contributed by atoms with Crippen LogP contribution in [0.2, 0.25) is 0 Å². The molecular formula is C31H42BrN3O6. The van der Waals surface area contributed by atoms with E-state index in [4.69, 9.17) is 24.3 Å². The summed E-state index contributed by atoms with van der Waals surface area (Å²) in [4.78, 5) is 33.8. The Morgan fingerprint density at radius 2 is 1.78 bits per heavy atom. The molecule has 0 saturated heterocycles. The molecule has 3 rings (SSSR count). The summed E-state index contributed by atoms with van der Waals surface area (Å²) in [6, 6.07) is 14.8. The average molecular weight is 633 g/mol. The van der Waals surface area contributed by atoms with Gasteiger partial charge in [-0.1, -0.05) is 28.1 Å². The first-order valence-corrected chi connectivity index (χ1v) is 14.7. The van der Waals surface area contributed by atoms with E-state index in [1.807, 2.05) is 71.3 Å². The number of aliphatic imine (C=N–C) groups is 1. The number of hydrogen-bond acceptors (Lipinski definition) is 8. The van der Waals surface area contributed by atoms with Gasteiger partial charge in [-0.15, -0.1) is 0 Å². The van der Waals surface area contributed by atoms with Crippen molar-refractivity contribution in [1.29, 1.82) is 0 Å². The number of esters is 1. The van der Waals surface area contributed by atoms with Crippen LogP contribution in [0.1, 0.15) is 63.7 Å². The van der Waals surface area contributed by atoms with E-state index in [1.165, 1.54) is 0 Å². The molecule has 2 aromatic rings. The number of halogens is 1. The summed E-state index contributed by atoms with van der Waals surface area (Å²) in [7, 11) is 3.97. The largest absolute Gasteiger partial charge is 0.494 e. The van der Waals surface area contributed by atoms with Crippen LogP contribution in [0.4, 0.5) is 0 Å². The summed E-state index contributed by atoms with van der Waals surface area (Å²) in [5, 5.41) is 12.1. The smallest absolute Gasteiger partial charge is 0.306 e. The van der Waals surface area contributed by atoms with E-state index in [0.29, 0.717) is 36.8 Å². The highest BCUT2D eigenvalue weighted by atomic mass is 79.9. The number of ether oxygens (including phenoxy) is 3. The molecule has 0 radical (unpaired) electrons. The maximum Gasteiger partial charge on any atom is 0.306 e. The van der Waals surface area contributed by atoms with Crippen molar-refractivity contribution in [2.24, 2.45) is 4.99 Å². The zero-order chi connectivity index (χ0) is 30.0. The van der Waals surface area contributed by atoms with Gasteiger partial charge in [0.05, 0.1) is 6.61 Å². The molecule has 0 saturated carbocycles. The molecule has 1 aliphatic rings. The minimum absolute atomic E-state index is 0.00676. The molecule has 41 heavy (non-hydrogen) atoms. The second-order valence-corrected chi connectivity index (χ2v) is 12.3. The standard InChI is InChI=1S/C31H42BrN3O6/c1-30(2,3)41-26(37)16-17-31(29(38)33-18-6-19-35(4)5)27(22-8-12-24(32)13-9-22)40-28(34-31)23-10-14-25(15-11-23)39-21-7-20-36/h8-15,27,36H,6-7,16-21H2,1-5H3,(H,33,38)/t27-,31-/m1/s1. The summed E-state index contributed by atoms with van der Waals surface area (Å²) < 4.78 is 18.6. The molecule has 0 spiro atoms. The lowest BCUT2D eigenvalue weighted by molar-refractivity contribution is -0.155. The highest BCUT2D eigenvalue weighted by Gasteiger charge is 2.53. The fourth-order valence-corrected chi connectivity index (χ4v) is 4.71. The average Bonchev–Trinajstić information content (AvgIpc) is 3.31. The number of aliphatic hydroxyl groups is 1. The Labute approximate surface area is 251 Å². The molecule has 0 unspecified atom stereocenters. The summed E-state index contributed by atoms with van der Waals surface area (Å²) in [5.41, 5.74) is -0.593. The molecule has 2 N–H and O–H groups in total. The van der Waals surface area contributed by atoms with Gasteiger partial charge in [-0.05, 0) is 96.2 Å². The van der Waals surface area contributed by atoms with Crippen LogP contribution in [-0.2, 0) is 19.1 Å². The number of nitrogens with one attached hydrogen (secondary N) is 1. The lowest BCUT2D eigenvalue weighted by Crippen LogP contribution is -2.49. The number of amides is 1. The Bertz CT molecular complexity index is 1180. The fraction of sp³-hybridized carbons (Fsp3) is 0.516. The number of carbonyl (C=O) groups excluding carboxylic acids is 2. The Hall–Kier alpha value is -2.95. The monoisotopic (exact) mass is 631 g/mol. The SMILES string of the molecule is CN(C)CCCNC(=O)[C@]1(CCC(=O)OC(C)(C)C)N=C(c2ccc(OCCCO)cc2)O[C@@H]1c1ccc(Br)cc1. The summed E-state index contributed by atoms with van der Waals surface area (Å²) in [6.07, 6.45) is 0.638. The van der Waals surface area contributed by atoms with Crippen molar-refractivity contribution in [1.82, 2.24) is 10.2 Å². The van der Waals surface area contributed by atoms with Gasteiger partial charge in [-0.25, -0.2) is 4.99 Å². The molecule has 0 aliphatic carbocycles. The third-order valence-corrected chi connectivity index (χ3v) is 6.93. The summed E-state index contributed by atoms with van der Waals surface area (Å²) in [5.74, 6) is 0.263. The predicted molar refractivity (Wildman–Crippen MR) is 162 cm³/mol. The molecule has 0 bridgehead atoms. The molecule has 0 aromatic heterocycles. The van der Waals surface area contributed by atoms with E-state index in [0.717, 1.165) is 23.0 Å². The van der Waals surface area contributed by atoms with Crippen molar-refractivity contribution >= 4 is 33.7 Å². The van der Waals surface area contributed by atoms with Crippen molar-refractivity contribution in [2.45, 2.75) is 63.7 Å². The Morgan fingerprint density at radius 1 is 1.10 bits per heavy atom. The first-order valence-electron chi connectivity index (χ1n) is 13.9. The van der Waals surface area contributed by atoms with E-state index < -0.39 is 23.2 Å². The van der Waals surface area contributed by atoms with Crippen LogP contribution in [0, 0.1) is 0 Å². The highest BCUT2D eigenvalue weighted by molar-refractivity contribution is 9.10. The Morgan fingerprint density at radius 3 is 2.39 bits per heavy atom. The summed E-state index contributed by atoms with van der Waals surface area (Å²) in [6.45, 7) is 7.18. The molecule has 1 aliphatic heterocycles. The molecule has 10 heteroatoms. The molecule has 2 atom stereocenters. The van der Waals surface area contributed by atoms with E-state index in [9.17, 15) is 9.59 Å². The predicted octanol–water partition coefficient (Wildman–Crippen LogP) is 4.66. The number of carbonyl (C=O) groups is 2. The number of rotatable bonds is 14. The van der Waals surface area contributed by atoms with Gasteiger partial charge in [-0.2, -0.15) is 0 Å². The van der Waals surface area contributed by atoms with Crippen molar-refractivity contribution < 1.29 is 28.9 Å². The van der Waals surface area contributed by atoms with Crippen LogP contribution in [0.25, 0.3) is 0 Å².